The number of amides is 1. The monoisotopic (exact) mass is 275 g/mol. The Morgan fingerprint density at radius 3 is 3.15 bits per heavy atom. The first-order valence-electron chi connectivity index (χ1n) is 7.35. The third kappa shape index (κ3) is 2.96. The Labute approximate surface area is 119 Å². The van der Waals surface area contributed by atoms with Gasteiger partial charge in [0, 0.05) is 19.1 Å². The zero-order chi connectivity index (χ0) is 13.9. The van der Waals surface area contributed by atoms with Crippen molar-refractivity contribution in [3.05, 3.63) is 29.3 Å². The van der Waals surface area contributed by atoms with E-state index in [1.165, 1.54) is 11.1 Å². The fraction of sp³-hybridized carbons (Fsp3) is 0.562. The maximum absolute atomic E-state index is 12.0. The number of carbonyl (C=O) groups is 1. The van der Waals surface area contributed by atoms with Crippen LogP contribution in [0.3, 0.4) is 0 Å². The highest BCUT2D eigenvalue weighted by Gasteiger charge is 2.24. The van der Waals surface area contributed by atoms with E-state index >= 15 is 0 Å². The summed E-state index contributed by atoms with van der Waals surface area (Å²) in [6.07, 6.45) is 2.69. The van der Waals surface area contributed by atoms with Gasteiger partial charge < -0.3 is 14.8 Å². The second-order valence-electron chi connectivity index (χ2n) is 5.71. The predicted molar refractivity (Wildman–Crippen MR) is 75.9 cm³/mol. The van der Waals surface area contributed by atoms with Gasteiger partial charge in [-0.25, -0.2) is 0 Å². The summed E-state index contributed by atoms with van der Waals surface area (Å²) in [5, 5.41) is 3.09. The molecule has 1 aromatic rings. The van der Waals surface area contributed by atoms with Gasteiger partial charge in [0.2, 0.25) is 5.91 Å². The molecule has 0 aliphatic carbocycles. The highest BCUT2D eigenvalue weighted by Crippen LogP contribution is 2.26. The number of rotatable bonds is 4. The molecule has 2 aliphatic rings. The number of hydrogen-bond donors (Lipinski definition) is 1. The number of hydrogen-bond acceptors (Lipinski definition) is 3. The molecular weight excluding hydrogens is 254 g/mol. The lowest BCUT2D eigenvalue weighted by Gasteiger charge is -2.16. The highest BCUT2D eigenvalue weighted by atomic mass is 16.5. The third-order valence-corrected chi connectivity index (χ3v) is 3.98. The van der Waals surface area contributed by atoms with Crippen LogP contribution in [0.4, 0.5) is 0 Å². The topological polar surface area (TPSA) is 47.6 Å². The van der Waals surface area contributed by atoms with E-state index in [0.29, 0.717) is 13.2 Å². The van der Waals surface area contributed by atoms with Gasteiger partial charge in [-0.2, -0.15) is 0 Å². The zero-order valence-electron chi connectivity index (χ0n) is 11.9. The van der Waals surface area contributed by atoms with Crippen molar-refractivity contribution >= 4 is 5.91 Å². The maximum atomic E-state index is 12.0. The van der Waals surface area contributed by atoms with E-state index in [9.17, 15) is 4.79 Å². The molecule has 20 heavy (non-hydrogen) atoms. The summed E-state index contributed by atoms with van der Waals surface area (Å²) in [5.74, 6) is 1.17. The van der Waals surface area contributed by atoms with Crippen LogP contribution in [0.1, 0.15) is 24.5 Å². The number of nitrogens with one attached hydrogen (secondary N) is 1. The van der Waals surface area contributed by atoms with Crippen LogP contribution < -0.4 is 10.1 Å². The van der Waals surface area contributed by atoms with Crippen LogP contribution in [0.2, 0.25) is 0 Å². The second kappa shape index (κ2) is 5.83. The lowest BCUT2D eigenvalue weighted by Crippen LogP contribution is -2.38. The molecule has 108 valence electrons. The van der Waals surface area contributed by atoms with Crippen molar-refractivity contribution in [2.45, 2.75) is 32.2 Å². The molecule has 4 nitrogen and oxygen atoms in total. The van der Waals surface area contributed by atoms with Crippen LogP contribution in [-0.4, -0.2) is 31.8 Å². The normalized spacial score (nSPS) is 22.1. The van der Waals surface area contributed by atoms with Crippen molar-refractivity contribution in [2.24, 2.45) is 5.92 Å². The standard InChI is InChI=1S/C16H21NO3/c1-11(17-16(18)14-4-6-19-10-14)8-12-2-3-15-13(9-12)5-7-20-15/h2-3,9,11,14H,4-8,10H2,1H3,(H,17,18)/t11-,14-/m0/s1. The first-order chi connectivity index (χ1) is 9.72. The summed E-state index contributed by atoms with van der Waals surface area (Å²) < 4.78 is 10.8. The van der Waals surface area contributed by atoms with Crippen molar-refractivity contribution in [1.29, 1.82) is 0 Å². The van der Waals surface area contributed by atoms with Crippen molar-refractivity contribution in [1.82, 2.24) is 5.32 Å². The molecule has 0 radical (unpaired) electrons. The van der Waals surface area contributed by atoms with E-state index in [1.807, 2.05) is 6.07 Å². The number of benzene rings is 1. The largest absolute Gasteiger partial charge is 0.493 e. The summed E-state index contributed by atoms with van der Waals surface area (Å²) in [6, 6.07) is 6.47. The number of carbonyl (C=O) groups excluding carboxylic acids is 1. The molecule has 1 aromatic carbocycles. The van der Waals surface area contributed by atoms with Gasteiger partial charge >= 0.3 is 0 Å². The Morgan fingerprint density at radius 1 is 1.45 bits per heavy atom. The molecule has 0 unspecified atom stereocenters. The van der Waals surface area contributed by atoms with Crippen molar-refractivity contribution in [2.75, 3.05) is 19.8 Å². The molecule has 0 aromatic heterocycles. The smallest absolute Gasteiger partial charge is 0.225 e. The molecule has 1 amide bonds. The first-order valence-corrected chi connectivity index (χ1v) is 7.35. The van der Waals surface area contributed by atoms with E-state index in [0.717, 1.165) is 31.6 Å². The Kier molecular flexibility index (Phi) is 3.92. The lowest BCUT2D eigenvalue weighted by molar-refractivity contribution is -0.125. The Balaban J connectivity index is 1.55. The van der Waals surface area contributed by atoms with Gasteiger partial charge in [-0.05, 0) is 37.0 Å². The molecule has 1 saturated heterocycles. The summed E-state index contributed by atoms with van der Waals surface area (Å²) in [7, 11) is 0. The molecular formula is C16H21NO3. The summed E-state index contributed by atoms with van der Waals surface area (Å²) >= 11 is 0. The molecule has 0 saturated carbocycles. The van der Waals surface area contributed by atoms with E-state index < -0.39 is 0 Å². The molecule has 2 heterocycles. The van der Waals surface area contributed by atoms with E-state index in [4.69, 9.17) is 9.47 Å². The fourth-order valence-corrected chi connectivity index (χ4v) is 2.87. The maximum Gasteiger partial charge on any atom is 0.225 e. The van der Waals surface area contributed by atoms with E-state index in [2.05, 4.69) is 24.4 Å². The zero-order valence-corrected chi connectivity index (χ0v) is 11.9. The molecule has 0 bridgehead atoms. The van der Waals surface area contributed by atoms with Gasteiger partial charge in [0.15, 0.2) is 0 Å². The van der Waals surface area contributed by atoms with Crippen LogP contribution >= 0.6 is 0 Å². The number of ether oxygens (including phenoxy) is 2. The summed E-state index contributed by atoms with van der Waals surface area (Å²) in [4.78, 5) is 12.0. The molecule has 4 heteroatoms. The van der Waals surface area contributed by atoms with Crippen LogP contribution in [0.25, 0.3) is 0 Å². The molecule has 2 aliphatic heterocycles. The second-order valence-corrected chi connectivity index (χ2v) is 5.71. The molecule has 3 rings (SSSR count). The predicted octanol–water partition coefficient (Wildman–Crippen LogP) is 1.71. The average Bonchev–Trinajstić information content (AvgIpc) is 3.09. The Bertz CT molecular complexity index is 494. The van der Waals surface area contributed by atoms with Crippen LogP contribution in [-0.2, 0) is 22.4 Å². The molecule has 2 atom stereocenters. The minimum absolute atomic E-state index is 0.0332. The van der Waals surface area contributed by atoms with Crippen molar-refractivity contribution in [3.63, 3.8) is 0 Å². The van der Waals surface area contributed by atoms with Gasteiger partial charge in [0.1, 0.15) is 5.75 Å². The quantitative estimate of drug-likeness (QED) is 0.910. The molecule has 0 spiro atoms. The van der Waals surface area contributed by atoms with Gasteiger partial charge in [-0.3, -0.25) is 4.79 Å². The van der Waals surface area contributed by atoms with Gasteiger partial charge in [0.05, 0.1) is 19.1 Å². The van der Waals surface area contributed by atoms with Gasteiger partial charge in [-0.1, -0.05) is 12.1 Å². The first kappa shape index (κ1) is 13.4. The SMILES string of the molecule is C[C@@H](Cc1ccc2c(c1)CCO2)NC(=O)[C@H]1CCOC1. The summed E-state index contributed by atoms with van der Waals surface area (Å²) in [5.41, 5.74) is 2.54. The van der Waals surface area contributed by atoms with Crippen LogP contribution in [0.15, 0.2) is 18.2 Å². The highest BCUT2D eigenvalue weighted by molar-refractivity contribution is 5.79. The Hall–Kier alpha value is -1.55. The van der Waals surface area contributed by atoms with Gasteiger partial charge in [-0.15, -0.1) is 0 Å². The number of fused-ring (bicyclic) bond motifs is 1. The minimum atomic E-state index is 0.0332. The third-order valence-electron chi connectivity index (χ3n) is 3.98. The molecule has 1 N–H and O–H groups in total. The Morgan fingerprint density at radius 2 is 2.35 bits per heavy atom. The van der Waals surface area contributed by atoms with Crippen molar-refractivity contribution < 1.29 is 14.3 Å². The van der Waals surface area contributed by atoms with Crippen LogP contribution in [0.5, 0.6) is 5.75 Å². The average molecular weight is 275 g/mol. The minimum Gasteiger partial charge on any atom is -0.493 e. The van der Waals surface area contributed by atoms with E-state index in [1.54, 1.807) is 0 Å². The van der Waals surface area contributed by atoms with Crippen LogP contribution in [0, 0.1) is 5.92 Å². The fourth-order valence-electron chi connectivity index (χ4n) is 2.87. The summed E-state index contributed by atoms with van der Waals surface area (Å²) in [6.45, 7) is 4.11. The molecule has 1 fully saturated rings. The van der Waals surface area contributed by atoms with Gasteiger partial charge in [0.25, 0.3) is 0 Å². The lowest BCUT2D eigenvalue weighted by atomic mass is 10.0. The van der Waals surface area contributed by atoms with Crippen molar-refractivity contribution in [3.8, 4) is 5.75 Å². The van der Waals surface area contributed by atoms with E-state index in [-0.39, 0.29) is 17.9 Å².